The van der Waals surface area contributed by atoms with Gasteiger partial charge in [0.25, 0.3) is 0 Å². The third kappa shape index (κ3) is 4.17. The van der Waals surface area contributed by atoms with E-state index in [1.807, 2.05) is 37.0 Å². The summed E-state index contributed by atoms with van der Waals surface area (Å²) in [7, 11) is 1.92. The summed E-state index contributed by atoms with van der Waals surface area (Å²) in [5.41, 5.74) is 1.15. The van der Waals surface area contributed by atoms with Gasteiger partial charge in [0, 0.05) is 38.3 Å². The molecule has 0 saturated carbocycles. The summed E-state index contributed by atoms with van der Waals surface area (Å²) in [4.78, 5) is 16.1. The smallest absolute Gasteiger partial charge is 0.220 e. The Morgan fingerprint density at radius 2 is 2.15 bits per heavy atom. The average molecular weight is 359 g/mol. The standard InChI is InChI=1S/C19H19F2N3O2/c1-12(13-7-8-24(2)11-13)23-18(25)5-6-19-22-10-17(26-19)15-4-3-14(20)9-16(15)21/h3-4,7-12H,5-6H2,1-2H3,(H,23,25)/t12-/m1/s1. The molecular formula is C19H19F2N3O2. The second-order valence-corrected chi connectivity index (χ2v) is 6.14. The first-order chi connectivity index (χ1) is 12.4. The molecule has 0 aliphatic rings. The van der Waals surface area contributed by atoms with E-state index in [-0.39, 0.29) is 36.1 Å². The molecule has 0 bridgehead atoms. The number of hydrogen-bond donors (Lipinski definition) is 1. The van der Waals surface area contributed by atoms with Crippen molar-refractivity contribution in [3.05, 3.63) is 65.9 Å². The largest absolute Gasteiger partial charge is 0.441 e. The first-order valence-electron chi connectivity index (χ1n) is 8.23. The number of benzene rings is 1. The predicted molar refractivity (Wildman–Crippen MR) is 92.1 cm³/mol. The van der Waals surface area contributed by atoms with Crippen molar-refractivity contribution in [2.75, 3.05) is 0 Å². The Balaban J connectivity index is 1.57. The highest BCUT2D eigenvalue weighted by atomic mass is 19.1. The molecule has 1 aromatic carbocycles. The van der Waals surface area contributed by atoms with Crippen molar-refractivity contribution < 1.29 is 18.0 Å². The maximum absolute atomic E-state index is 13.8. The first-order valence-corrected chi connectivity index (χ1v) is 8.23. The molecule has 2 aromatic heterocycles. The molecular weight excluding hydrogens is 340 g/mol. The summed E-state index contributed by atoms with van der Waals surface area (Å²) < 4.78 is 34.1. The summed E-state index contributed by atoms with van der Waals surface area (Å²) in [6.07, 6.45) is 5.72. The second-order valence-electron chi connectivity index (χ2n) is 6.14. The molecule has 26 heavy (non-hydrogen) atoms. The highest BCUT2D eigenvalue weighted by molar-refractivity contribution is 5.76. The van der Waals surface area contributed by atoms with Gasteiger partial charge in [0.15, 0.2) is 11.7 Å². The second kappa shape index (κ2) is 7.51. The van der Waals surface area contributed by atoms with Crippen LogP contribution >= 0.6 is 0 Å². The molecule has 0 aliphatic carbocycles. The minimum Gasteiger partial charge on any atom is -0.441 e. The number of nitrogens with one attached hydrogen (secondary N) is 1. The summed E-state index contributed by atoms with van der Waals surface area (Å²) in [5.74, 6) is -0.979. The van der Waals surface area contributed by atoms with Gasteiger partial charge in [-0.25, -0.2) is 13.8 Å². The van der Waals surface area contributed by atoms with Gasteiger partial charge in [-0.2, -0.15) is 0 Å². The van der Waals surface area contributed by atoms with Crippen LogP contribution in [0.1, 0.15) is 30.8 Å². The monoisotopic (exact) mass is 359 g/mol. The van der Waals surface area contributed by atoms with Gasteiger partial charge in [0.05, 0.1) is 17.8 Å². The Bertz CT molecular complexity index is 917. The van der Waals surface area contributed by atoms with E-state index in [4.69, 9.17) is 4.42 Å². The van der Waals surface area contributed by atoms with E-state index in [2.05, 4.69) is 10.3 Å². The van der Waals surface area contributed by atoms with Gasteiger partial charge in [-0.15, -0.1) is 0 Å². The average Bonchev–Trinajstić information content (AvgIpc) is 3.22. The van der Waals surface area contributed by atoms with Crippen LogP contribution in [0.2, 0.25) is 0 Å². The van der Waals surface area contributed by atoms with Gasteiger partial charge in [-0.05, 0) is 30.7 Å². The van der Waals surface area contributed by atoms with E-state index in [9.17, 15) is 13.6 Å². The molecule has 3 rings (SSSR count). The number of aromatic nitrogens is 2. The number of carbonyl (C=O) groups is 1. The normalized spacial score (nSPS) is 12.2. The molecule has 0 aliphatic heterocycles. The van der Waals surface area contributed by atoms with E-state index in [0.717, 1.165) is 17.7 Å². The summed E-state index contributed by atoms with van der Waals surface area (Å²) in [6.45, 7) is 1.91. The van der Waals surface area contributed by atoms with Crippen molar-refractivity contribution in [1.82, 2.24) is 14.9 Å². The molecule has 0 saturated heterocycles. The number of hydrogen-bond acceptors (Lipinski definition) is 3. The highest BCUT2D eigenvalue weighted by Gasteiger charge is 2.14. The molecule has 1 atom stereocenters. The highest BCUT2D eigenvalue weighted by Crippen LogP contribution is 2.24. The van der Waals surface area contributed by atoms with Gasteiger partial charge in [-0.3, -0.25) is 4.79 Å². The maximum atomic E-state index is 13.8. The van der Waals surface area contributed by atoms with Crippen molar-refractivity contribution in [3.63, 3.8) is 0 Å². The third-order valence-corrected chi connectivity index (χ3v) is 4.05. The fourth-order valence-corrected chi connectivity index (χ4v) is 2.64. The number of carbonyl (C=O) groups excluding carboxylic acids is 1. The lowest BCUT2D eigenvalue weighted by molar-refractivity contribution is -0.121. The lowest BCUT2D eigenvalue weighted by Crippen LogP contribution is -2.26. The molecule has 1 amide bonds. The summed E-state index contributed by atoms with van der Waals surface area (Å²) >= 11 is 0. The van der Waals surface area contributed by atoms with Crippen LogP contribution < -0.4 is 5.32 Å². The Hall–Kier alpha value is -2.96. The molecule has 0 unspecified atom stereocenters. The van der Waals surface area contributed by atoms with Crippen LogP contribution in [-0.4, -0.2) is 15.5 Å². The van der Waals surface area contributed by atoms with E-state index < -0.39 is 11.6 Å². The lowest BCUT2D eigenvalue weighted by Gasteiger charge is -2.12. The van der Waals surface area contributed by atoms with Crippen LogP contribution in [-0.2, 0) is 18.3 Å². The molecule has 2 heterocycles. The van der Waals surface area contributed by atoms with Crippen molar-refractivity contribution in [1.29, 1.82) is 0 Å². The van der Waals surface area contributed by atoms with Gasteiger partial charge >= 0.3 is 0 Å². The van der Waals surface area contributed by atoms with Gasteiger partial charge in [-0.1, -0.05) is 0 Å². The van der Waals surface area contributed by atoms with Crippen LogP contribution in [0, 0.1) is 11.6 Å². The number of rotatable bonds is 6. The Labute approximate surface area is 149 Å². The molecule has 3 aromatic rings. The number of amides is 1. The first kappa shape index (κ1) is 17.8. The topological polar surface area (TPSA) is 60.1 Å². The van der Waals surface area contributed by atoms with Gasteiger partial charge in [0.2, 0.25) is 5.91 Å². The van der Waals surface area contributed by atoms with Crippen molar-refractivity contribution in [2.24, 2.45) is 7.05 Å². The molecule has 0 radical (unpaired) electrons. The number of aryl methyl sites for hydroxylation is 2. The minimum atomic E-state index is -0.720. The van der Waals surface area contributed by atoms with E-state index >= 15 is 0 Å². The zero-order valence-electron chi connectivity index (χ0n) is 14.5. The van der Waals surface area contributed by atoms with Crippen molar-refractivity contribution >= 4 is 5.91 Å². The minimum absolute atomic E-state index is 0.0999. The zero-order valence-corrected chi connectivity index (χ0v) is 14.5. The van der Waals surface area contributed by atoms with E-state index in [1.165, 1.54) is 12.3 Å². The summed E-state index contributed by atoms with van der Waals surface area (Å²) in [6, 6.07) is 5.08. The van der Waals surface area contributed by atoms with Crippen LogP contribution in [0.3, 0.4) is 0 Å². The van der Waals surface area contributed by atoms with E-state index in [0.29, 0.717) is 5.89 Å². The van der Waals surface area contributed by atoms with Gasteiger partial charge in [0.1, 0.15) is 11.6 Å². The third-order valence-electron chi connectivity index (χ3n) is 4.05. The molecule has 136 valence electrons. The Morgan fingerprint density at radius 1 is 1.35 bits per heavy atom. The number of nitrogens with zero attached hydrogens (tertiary/aromatic N) is 2. The zero-order chi connectivity index (χ0) is 18.7. The Kier molecular flexibility index (Phi) is 5.16. The van der Waals surface area contributed by atoms with Crippen molar-refractivity contribution in [2.45, 2.75) is 25.8 Å². The van der Waals surface area contributed by atoms with Crippen LogP contribution in [0.5, 0.6) is 0 Å². The number of oxazole rings is 1. The fourth-order valence-electron chi connectivity index (χ4n) is 2.64. The summed E-state index contributed by atoms with van der Waals surface area (Å²) in [5, 5.41) is 2.91. The fraction of sp³-hybridized carbons (Fsp3) is 0.263. The quantitative estimate of drug-likeness (QED) is 0.729. The van der Waals surface area contributed by atoms with Crippen LogP contribution in [0.25, 0.3) is 11.3 Å². The molecule has 7 heteroatoms. The van der Waals surface area contributed by atoms with Crippen LogP contribution in [0.4, 0.5) is 8.78 Å². The van der Waals surface area contributed by atoms with Crippen molar-refractivity contribution in [3.8, 4) is 11.3 Å². The molecule has 5 nitrogen and oxygen atoms in total. The van der Waals surface area contributed by atoms with E-state index in [1.54, 1.807) is 0 Å². The predicted octanol–water partition coefficient (Wildman–Crippen LogP) is 3.77. The molecule has 0 fully saturated rings. The Morgan fingerprint density at radius 3 is 2.85 bits per heavy atom. The van der Waals surface area contributed by atoms with Gasteiger partial charge < -0.3 is 14.3 Å². The SMILES string of the molecule is C[C@@H](NC(=O)CCc1ncc(-c2ccc(F)cc2F)o1)c1ccn(C)c1. The van der Waals surface area contributed by atoms with Crippen LogP contribution in [0.15, 0.2) is 47.3 Å². The lowest BCUT2D eigenvalue weighted by atomic mass is 10.1. The number of halogens is 2. The maximum Gasteiger partial charge on any atom is 0.220 e. The molecule has 1 N–H and O–H groups in total. The molecule has 0 spiro atoms.